The van der Waals surface area contributed by atoms with Crippen LogP contribution in [0.2, 0.25) is 5.02 Å². The number of anilines is 1. The van der Waals surface area contributed by atoms with E-state index in [-0.39, 0.29) is 33.9 Å². The van der Waals surface area contributed by atoms with Gasteiger partial charge in [-0.3, -0.25) is 4.79 Å². The number of primary amides is 1. The van der Waals surface area contributed by atoms with E-state index in [2.05, 4.69) is 9.97 Å². The van der Waals surface area contributed by atoms with Crippen molar-refractivity contribution in [2.75, 3.05) is 38.3 Å². The molecule has 0 aliphatic carbocycles. The first-order valence-electron chi connectivity index (χ1n) is 8.19. The van der Waals surface area contributed by atoms with E-state index in [1.54, 1.807) is 18.2 Å². The third-order valence-electron chi connectivity index (χ3n) is 3.95. The lowest BCUT2D eigenvalue weighted by Gasteiger charge is -2.27. The molecule has 0 bridgehead atoms. The first kappa shape index (κ1) is 19.2. The number of carbonyl (C=O) groups excluding carboxylic acids is 1. The van der Waals surface area contributed by atoms with Gasteiger partial charge < -0.3 is 30.0 Å². The molecule has 1 aliphatic heterocycles. The van der Waals surface area contributed by atoms with Gasteiger partial charge in [0.15, 0.2) is 11.4 Å². The molecular weight excluding hydrogens is 376 g/mol. The van der Waals surface area contributed by atoms with Crippen molar-refractivity contribution in [3.8, 4) is 17.2 Å². The standard InChI is InChI=1S/C17H19ClN4O5/c1-25-10-2-3-11(18)13(8-10)27-15-12(9-23)20-17(21-14(15)16(19)24)22-4-6-26-7-5-22/h2-3,8,23H,4-7,9H2,1H3,(H2,19,24). The molecule has 0 saturated carbocycles. The molecule has 10 heteroatoms. The first-order valence-corrected chi connectivity index (χ1v) is 8.57. The maximum atomic E-state index is 12.0. The molecule has 3 rings (SSSR count). The lowest BCUT2D eigenvalue weighted by Crippen LogP contribution is -2.38. The number of amides is 1. The molecule has 144 valence electrons. The highest BCUT2D eigenvalue weighted by atomic mass is 35.5. The van der Waals surface area contributed by atoms with Crippen molar-refractivity contribution in [2.45, 2.75) is 6.61 Å². The van der Waals surface area contributed by atoms with Crippen LogP contribution < -0.4 is 20.1 Å². The number of hydrogen-bond donors (Lipinski definition) is 2. The van der Waals surface area contributed by atoms with Crippen molar-refractivity contribution in [2.24, 2.45) is 5.73 Å². The van der Waals surface area contributed by atoms with Crippen LogP contribution in [0, 0.1) is 0 Å². The molecular formula is C17H19ClN4O5. The Balaban J connectivity index is 2.04. The van der Waals surface area contributed by atoms with Crippen LogP contribution in [0.4, 0.5) is 5.95 Å². The molecule has 3 N–H and O–H groups in total. The Hall–Kier alpha value is -2.62. The molecule has 0 atom stereocenters. The van der Waals surface area contributed by atoms with Gasteiger partial charge in [0.05, 0.1) is 32.0 Å². The van der Waals surface area contributed by atoms with E-state index in [1.165, 1.54) is 7.11 Å². The Morgan fingerprint density at radius 1 is 1.37 bits per heavy atom. The molecule has 27 heavy (non-hydrogen) atoms. The van der Waals surface area contributed by atoms with Gasteiger partial charge in [-0.15, -0.1) is 0 Å². The summed E-state index contributed by atoms with van der Waals surface area (Å²) in [6.45, 7) is 1.68. The quantitative estimate of drug-likeness (QED) is 0.753. The van der Waals surface area contributed by atoms with E-state index in [0.717, 1.165) is 0 Å². The van der Waals surface area contributed by atoms with Crippen LogP contribution in [0.1, 0.15) is 16.2 Å². The molecule has 0 radical (unpaired) electrons. The zero-order valence-electron chi connectivity index (χ0n) is 14.6. The number of methoxy groups -OCH3 is 1. The molecule has 2 heterocycles. The molecule has 1 aromatic carbocycles. The number of nitrogens with zero attached hydrogens (tertiary/aromatic N) is 3. The monoisotopic (exact) mass is 394 g/mol. The molecule has 1 fully saturated rings. The lowest BCUT2D eigenvalue weighted by molar-refractivity contribution is 0.0992. The van der Waals surface area contributed by atoms with Crippen LogP contribution in [0.5, 0.6) is 17.2 Å². The topological polar surface area (TPSA) is 120 Å². The first-order chi connectivity index (χ1) is 13.0. The zero-order chi connectivity index (χ0) is 19.4. The number of aliphatic hydroxyl groups is 1. The van der Waals surface area contributed by atoms with E-state index >= 15 is 0 Å². The summed E-state index contributed by atoms with van der Waals surface area (Å²) in [5.41, 5.74) is 5.47. The normalized spacial score (nSPS) is 14.1. The maximum absolute atomic E-state index is 12.0. The Morgan fingerprint density at radius 2 is 2.11 bits per heavy atom. The summed E-state index contributed by atoms with van der Waals surface area (Å²) >= 11 is 6.16. The Kier molecular flexibility index (Phi) is 5.94. The summed E-state index contributed by atoms with van der Waals surface area (Å²) in [5.74, 6) is 0.149. The van der Waals surface area contributed by atoms with Crippen molar-refractivity contribution in [3.05, 3.63) is 34.6 Å². The van der Waals surface area contributed by atoms with Gasteiger partial charge in [-0.2, -0.15) is 0 Å². The van der Waals surface area contributed by atoms with E-state index in [9.17, 15) is 9.90 Å². The highest BCUT2D eigenvalue weighted by Crippen LogP contribution is 2.35. The largest absolute Gasteiger partial charge is 0.497 e. The summed E-state index contributed by atoms with van der Waals surface area (Å²) in [5, 5.41) is 10.1. The van der Waals surface area contributed by atoms with Gasteiger partial charge >= 0.3 is 0 Å². The summed E-state index contributed by atoms with van der Waals surface area (Å²) in [4.78, 5) is 22.4. The van der Waals surface area contributed by atoms with Crippen molar-refractivity contribution < 1.29 is 24.1 Å². The van der Waals surface area contributed by atoms with Crippen LogP contribution in [-0.2, 0) is 11.3 Å². The smallest absolute Gasteiger partial charge is 0.271 e. The number of aromatic nitrogens is 2. The van der Waals surface area contributed by atoms with Gasteiger partial charge in [0.1, 0.15) is 17.2 Å². The van der Waals surface area contributed by atoms with Crippen LogP contribution in [0.3, 0.4) is 0 Å². The summed E-state index contributed by atoms with van der Waals surface area (Å²) in [6, 6.07) is 4.79. The average Bonchev–Trinajstić information content (AvgIpc) is 2.70. The number of aliphatic hydroxyl groups excluding tert-OH is 1. The molecule has 9 nitrogen and oxygen atoms in total. The molecule has 1 saturated heterocycles. The van der Waals surface area contributed by atoms with Crippen molar-refractivity contribution >= 4 is 23.5 Å². The van der Waals surface area contributed by atoms with Gasteiger partial charge in [-0.25, -0.2) is 9.97 Å². The molecule has 0 unspecified atom stereocenters. The highest BCUT2D eigenvalue weighted by Gasteiger charge is 2.24. The van der Waals surface area contributed by atoms with Crippen LogP contribution in [0.25, 0.3) is 0 Å². The fourth-order valence-corrected chi connectivity index (χ4v) is 2.73. The second-order valence-electron chi connectivity index (χ2n) is 5.67. The predicted molar refractivity (Wildman–Crippen MR) is 97.6 cm³/mol. The fraction of sp³-hybridized carbons (Fsp3) is 0.353. The highest BCUT2D eigenvalue weighted by molar-refractivity contribution is 6.32. The van der Waals surface area contributed by atoms with Crippen molar-refractivity contribution in [1.82, 2.24) is 9.97 Å². The molecule has 2 aromatic rings. The predicted octanol–water partition coefficient (Wildman–Crippen LogP) is 1.36. The molecule has 0 spiro atoms. The minimum Gasteiger partial charge on any atom is -0.497 e. The zero-order valence-corrected chi connectivity index (χ0v) is 15.4. The number of halogens is 1. The van der Waals surface area contributed by atoms with Gasteiger partial charge in [0.2, 0.25) is 5.95 Å². The number of ether oxygens (including phenoxy) is 3. The minimum atomic E-state index is -0.810. The summed E-state index contributed by atoms with van der Waals surface area (Å²) < 4.78 is 16.2. The second-order valence-corrected chi connectivity index (χ2v) is 6.08. The van der Waals surface area contributed by atoms with E-state index in [1.807, 2.05) is 4.90 Å². The third kappa shape index (κ3) is 4.21. The van der Waals surface area contributed by atoms with Gasteiger partial charge in [-0.05, 0) is 12.1 Å². The Labute approximate surface area is 160 Å². The van der Waals surface area contributed by atoms with Gasteiger partial charge in [-0.1, -0.05) is 11.6 Å². The van der Waals surface area contributed by atoms with Gasteiger partial charge in [0, 0.05) is 19.2 Å². The lowest BCUT2D eigenvalue weighted by atomic mass is 10.2. The SMILES string of the molecule is COc1ccc(Cl)c(Oc2c(CO)nc(N3CCOCC3)nc2C(N)=O)c1. The second kappa shape index (κ2) is 8.38. The molecule has 1 aliphatic rings. The number of benzene rings is 1. The number of hydrogen-bond acceptors (Lipinski definition) is 8. The Morgan fingerprint density at radius 3 is 2.74 bits per heavy atom. The van der Waals surface area contributed by atoms with Crippen LogP contribution in [-0.4, -0.2) is 54.4 Å². The van der Waals surface area contributed by atoms with Crippen molar-refractivity contribution in [1.29, 1.82) is 0 Å². The van der Waals surface area contributed by atoms with Crippen molar-refractivity contribution in [3.63, 3.8) is 0 Å². The van der Waals surface area contributed by atoms with Crippen LogP contribution >= 0.6 is 11.6 Å². The third-order valence-corrected chi connectivity index (χ3v) is 4.26. The van der Waals surface area contributed by atoms with Gasteiger partial charge in [0.25, 0.3) is 5.91 Å². The Bertz CT molecular complexity index is 842. The minimum absolute atomic E-state index is 0.0443. The van der Waals surface area contributed by atoms with Crippen LogP contribution in [0.15, 0.2) is 18.2 Å². The number of carbonyl (C=O) groups is 1. The van der Waals surface area contributed by atoms with E-state index in [0.29, 0.717) is 32.1 Å². The molecule has 1 aromatic heterocycles. The van der Waals surface area contributed by atoms with E-state index in [4.69, 9.17) is 31.5 Å². The van der Waals surface area contributed by atoms with E-state index < -0.39 is 12.5 Å². The average molecular weight is 395 g/mol. The number of morpholine rings is 1. The fourth-order valence-electron chi connectivity index (χ4n) is 2.57. The molecule has 1 amide bonds. The maximum Gasteiger partial charge on any atom is 0.271 e. The summed E-state index contributed by atoms with van der Waals surface area (Å²) in [7, 11) is 1.50. The number of nitrogens with two attached hydrogens (primary N) is 1. The summed E-state index contributed by atoms with van der Waals surface area (Å²) in [6.07, 6.45) is 0. The number of rotatable bonds is 6.